The molecule has 23 heavy (non-hydrogen) atoms. The molecule has 4 nitrogen and oxygen atoms in total. The number of hydrogen-bond donors (Lipinski definition) is 1. The molecule has 2 aromatic rings. The van der Waals surface area contributed by atoms with Gasteiger partial charge in [0.05, 0.1) is 12.0 Å². The van der Waals surface area contributed by atoms with E-state index in [1.165, 1.54) is 0 Å². The number of rotatable bonds is 6. The molecule has 1 heterocycles. The summed E-state index contributed by atoms with van der Waals surface area (Å²) in [6.07, 6.45) is 0.905. The van der Waals surface area contributed by atoms with Crippen LogP contribution in [0, 0.1) is 5.92 Å². The second kappa shape index (κ2) is 8.37. The third kappa shape index (κ3) is 4.27. The molecule has 0 spiro atoms. The van der Waals surface area contributed by atoms with E-state index < -0.39 is 0 Å². The number of nitrogens with two attached hydrogens (primary N) is 1. The third-order valence-electron chi connectivity index (χ3n) is 4.25. The highest BCUT2D eigenvalue weighted by Crippen LogP contribution is 2.28. The number of fused-ring (bicyclic) bond motifs is 1. The summed E-state index contributed by atoms with van der Waals surface area (Å²) in [5.41, 5.74) is 6.76. The average Bonchev–Trinajstić information content (AvgIpc) is 2.94. The second-order valence-corrected chi connectivity index (χ2v) is 6.04. The second-order valence-electron chi connectivity index (χ2n) is 6.04. The Kier molecular flexibility index (Phi) is 7.10. The topological polar surface area (TPSA) is 59.5 Å². The molecule has 128 valence electrons. The molecule has 0 fully saturated rings. The highest BCUT2D eigenvalue weighted by atomic mass is 35.5. The number of carbonyl (C=O) groups is 1. The van der Waals surface area contributed by atoms with Crippen molar-refractivity contribution in [3.63, 3.8) is 0 Å². The fourth-order valence-electron chi connectivity index (χ4n) is 2.58. The minimum atomic E-state index is -0.196. The molecular weight excluding hydrogens is 312 g/mol. The van der Waals surface area contributed by atoms with Crippen molar-refractivity contribution in [3.8, 4) is 0 Å². The van der Waals surface area contributed by atoms with Crippen LogP contribution >= 0.6 is 12.4 Å². The first kappa shape index (κ1) is 19.5. The van der Waals surface area contributed by atoms with Gasteiger partial charge in [-0.2, -0.15) is 0 Å². The molecule has 3 unspecified atom stereocenters. The van der Waals surface area contributed by atoms with Gasteiger partial charge in [0.15, 0.2) is 0 Å². The molecule has 0 radical (unpaired) electrons. The molecule has 2 rings (SSSR count). The first-order chi connectivity index (χ1) is 10.5. The van der Waals surface area contributed by atoms with Crippen molar-refractivity contribution in [3.05, 3.63) is 36.1 Å². The number of amides is 1. The van der Waals surface area contributed by atoms with Crippen molar-refractivity contribution in [1.82, 2.24) is 4.90 Å². The van der Waals surface area contributed by atoms with Crippen LogP contribution in [0.4, 0.5) is 0 Å². The maximum Gasteiger partial charge on any atom is 0.227 e. The van der Waals surface area contributed by atoms with E-state index in [1.807, 2.05) is 56.0 Å². The maximum atomic E-state index is 12.7. The van der Waals surface area contributed by atoms with E-state index in [0.29, 0.717) is 6.54 Å². The summed E-state index contributed by atoms with van der Waals surface area (Å²) in [6.45, 7) is 8.55. The third-order valence-corrected chi connectivity index (χ3v) is 4.25. The number of carbonyl (C=O) groups excluding carboxylic acids is 1. The van der Waals surface area contributed by atoms with Crippen LogP contribution < -0.4 is 5.73 Å². The van der Waals surface area contributed by atoms with E-state index in [2.05, 4.69) is 6.92 Å². The Hall–Kier alpha value is -1.52. The number of hydrogen-bond acceptors (Lipinski definition) is 3. The van der Waals surface area contributed by atoms with E-state index >= 15 is 0 Å². The lowest BCUT2D eigenvalue weighted by Crippen LogP contribution is -2.43. The molecule has 1 aromatic carbocycles. The minimum Gasteiger partial charge on any atom is -0.459 e. The van der Waals surface area contributed by atoms with Gasteiger partial charge >= 0.3 is 0 Å². The Labute approximate surface area is 144 Å². The molecule has 5 heteroatoms. The summed E-state index contributed by atoms with van der Waals surface area (Å²) in [7, 11) is 0. The summed E-state index contributed by atoms with van der Waals surface area (Å²) in [6, 6.07) is 9.67. The fraction of sp³-hybridized carbons (Fsp3) is 0.500. The number of para-hydroxylation sites is 1. The van der Waals surface area contributed by atoms with Gasteiger partial charge in [-0.15, -0.1) is 12.4 Å². The first-order valence-electron chi connectivity index (χ1n) is 8.00. The molecule has 0 aliphatic heterocycles. The molecular formula is C18H27ClN2O2. The smallest absolute Gasteiger partial charge is 0.227 e. The van der Waals surface area contributed by atoms with Gasteiger partial charge in [0.2, 0.25) is 5.91 Å². The summed E-state index contributed by atoms with van der Waals surface area (Å²) < 4.78 is 5.92. The van der Waals surface area contributed by atoms with Crippen molar-refractivity contribution in [2.45, 2.75) is 46.2 Å². The van der Waals surface area contributed by atoms with Crippen LogP contribution in [0.3, 0.4) is 0 Å². The predicted octanol–water partition coefficient (Wildman–Crippen LogP) is 4.14. The zero-order chi connectivity index (χ0) is 16.3. The molecule has 0 saturated heterocycles. The predicted molar refractivity (Wildman–Crippen MR) is 96.7 cm³/mol. The molecule has 0 bridgehead atoms. The summed E-state index contributed by atoms with van der Waals surface area (Å²) in [5.74, 6) is 0.711. The van der Waals surface area contributed by atoms with Crippen LogP contribution in [0.2, 0.25) is 0 Å². The van der Waals surface area contributed by atoms with Crippen molar-refractivity contribution in [1.29, 1.82) is 0 Å². The summed E-state index contributed by atoms with van der Waals surface area (Å²) in [5, 5.41) is 1.06. The molecule has 0 saturated carbocycles. The fourth-order valence-corrected chi connectivity index (χ4v) is 2.58. The van der Waals surface area contributed by atoms with E-state index in [-0.39, 0.29) is 36.3 Å². The van der Waals surface area contributed by atoms with Crippen molar-refractivity contribution < 1.29 is 9.21 Å². The molecule has 0 aliphatic carbocycles. The quantitative estimate of drug-likeness (QED) is 0.861. The van der Waals surface area contributed by atoms with Crippen LogP contribution in [-0.2, 0) is 4.79 Å². The largest absolute Gasteiger partial charge is 0.459 e. The van der Waals surface area contributed by atoms with Crippen LogP contribution in [0.15, 0.2) is 34.7 Å². The SMILES string of the molecule is CCCN(C(=O)C(C)C(C)N)C(C)c1cc2ccccc2o1.Cl. The molecule has 1 amide bonds. The Bertz CT molecular complexity index is 606. The van der Waals surface area contributed by atoms with Gasteiger partial charge in [-0.25, -0.2) is 0 Å². The van der Waals surface area contributed by atoms with Crippen LogP contribution in [-0.4, -0.2) is 23.4 Å². The van der Waals surface area contributed by atoms with Crippen LogP contribution in [0.1, 0.15) is 45.9 Å². The van der Waals surface area contributed by atoms with Crippen molar-refractivity contribution >= 4 is 29.3 Å². The van der Waals surface area contributed by atoms with Gasteiger partial charge in [0.1, 0.15) is 11.3 Å². The molecule has 2 N–H and O–H groups in total. The van der Waals surface area contributed by atoms with Crippen LogP contribution in [0.5, 0.6) is 0 Å². The highest BCUT2D eigenvalue weighted by Gasteiger charge is 2.28. The summed E-state index contributed by atoms with van der Waals surface area (Å²) >= 11 is 0. The van der Waals surface area contributed by atoms with Crippen LogP contribution in [0.25, 0.3) is 11.0 Å². The normalized spacial score (nSPS) is 14.8. The zero-order valence-corrected chi connectivity index (χ0v) is 15.1. The number of halogens is 1. The average molecular weight is 339 g/mol. The van der Waals surface area contributed by atoms with E-state index in [1.54, 1.807) is 0 Å². The highest BCUT2D eigenvalue weighted by molar-refractivity contribution is 5.85. The van der Waals surface area contributed by atoms with Gasteiger partial charge in [-0.3, -0.25) is 4.79 Å². The zero-order valence-electron chi connectivity index (χ0n) is 14.3. The standard InChI is InChI=1S/C18H26N2O2.ClH/c1-5-10-20(18(21)12(2)13(3)19)14(4)17-11-15-8-6-7-9-16(15)22-17;/h6-9,11-14H,5,10,19H2,1-4H3;1H. The molecule has 0 aliphatic rings. The Balaban J connectivity index is 0.00000264. The van der Waals surface area contributed by atoms with Crippen molar-refractivity contribution in [2.24, 2.45) is 11.7 Å². The Morgan fingerprint density at radius 1 is 1.26 bits per heavy atom. The van der Waals surface area contributed by atoms with Crippen molar-refractivity contribution in [2.75, 3.05) is 6.54 Å². The molecule has 3 atom stereocenters. The Morgan fingerprint density at radius 2 is 1.91 bits per heavy atom. The van der Waals surface area contributed by atoms with E-state index in [9.17, 15) is 4.79 Å². The van der Waals surface area contributed by atoms with Gasteiger partial charge in [-0.05, 0) is 32.4 Å². The lowest BCUT2D eigenvalue weighted by molar-refractivity contribution is -0.138. The van der Waals surface area contributed by atoms with Gasteiger partial charge < -0.3 is 15.1 Å². The maximum absolute atomic E-state index is 12.7. The van der Waals surface area contributed by atoms with Gasteiger partial charge in [0.25, 0.3) is 0 Å². The monoisotopic (exact) mass is 338 g/mol. The summed E-state index contributed by atoms with van der Waals surface area (Å²) in [4.78, 5) is 14.6. The minimum absolute atomic E-state index is 0. The molecule has 1 aromatic heterocycles. The van der Waals surface area contributed by atoms with E-state index in [4.69, 9.17) is 10.2 Å². The lowest BCUT2D eigenvalue weighted by atomic mass is 10.0. The number of furan rings is 1. The van der Waals surface area contributed by atoms with Gasteiger partial charge in [-0.1, -0.05) is 32.0 Å². The van der Waals surface area contributed by atoms with Gasteiger partial charge in [0, 0.05) is 18.0 Å². The number of nitrogens with zero attached hydrogens (tertiary/aromatic N) is 1. The van der Waals surface area contributed by atoms with E-state index in [0.717, 1.165) is 23.2 Å². The Morgan fingerprint density at radius 3 is 2.48 bits per heavy atom. The number of benzene rings is 1. The first-order valence-corrected chi connectivity index (χ1v) is 8.00. The lowest BCUT2D eigenvalue weighted by Gasteiger charge is -2.31.